The topological polar surface area (TPSA) is 100 Å². The van der Waals surface area contributed by atoms with Crippen LogP contribution in [0.4, 0.5) is 24.5 Å². The molecule has 7 nitrogen and oxygen atoms in total. The summed E-state index contributed by atoms with van der Waals surface area (Å²) in [5.74, 6) is -1.94. The lowest BCUT2D eigenvalue weighted by Crippen LogP contribution is -2.17. The minimum absolute atomic E-state index is 0.00275. The molecule has 0 aliphatic rings. The van der Waals surface area contributed by atoms with Crippen LogP contribution in [-0.4, -0.2) is 29.9 Å². The van der Waals surface area contributed by atoms with Crippen molar-refractivity contribution >= 4 is 29.2 Å². The number of aromatic amines is 1. The van der Waals surface area contributed by atoms with E-state index in [0.717, 1.165) is 18.2 Å². The van der Waals surface area contributed by atoms with Gasteiger partial charge in [0.1, 0.15) is 5.69 Å². The normalized spacial score (nSPS) is 11.1. The van der Waals surface area contributed by atoms with Crippen molar-refractivity contribution in [3.05, 3.63) is 46.3 Å². The first-order valence-electron chi connectivity index (χ1n) is 8.03. The van der Waals surface area contributed by atoms with Gasteiger partial charge < -0.3 is 20.4 Å². The summed E-state index contributed by atoms with van der Waals surface area (Å²) in [6.45, 7) is 4.25. The van der Waals surface area contributed by atoms with E-state index in [1.807, 2.05) is 0 Å². The summed E-state index contributed by atoms with van der Waals surface area (Å²) in [6.07, 6.45) is -4.63. The second-order valence-electron chi connectivity index (χ2n) is 6.01. The average molecular weight is 397 g/mol. The second-order valence-corrected chi connectivity index (χ2v) is 6.01. The fourth-order valence-corrected chi connectivity index (χ4v) is 2.69. The molecule has 1 heterocycles. The average Bonchev–Trinajstić information content (AvgIpc) is 2.89. The van der Waals surface area contributed by atoms with Crippen LogP contribution in [0, 0.1) is 13.8 Å². The number of esters is 1. The van der Waals surface area contributed by atoms with Gasteiger partial charge in [-0.1, -0.05) is 0 Å². The van der Waals surface area contributed by atoms with Gasteiger partial charge in [0.2, 0.25) is 5.91 Å². The van der Waals surface area contributed by atoms with Gasteiger partial charge in [0.15, 0.2) is 0 Å². The van der Waals surface area contributed by atoms with Crippen molar-refractivity contribution in [3.8, 4) is 0 Å². The summed E-state index contributed by atoms with van der Waals surface area (Å²) in [7, 11) is 1.19. The van der Waals surface area contributed by atoms with Crippen LogP contribution < -0.4 is 10.6 Å². The molecule has 0 radical (unpaired) electrons. The van der Waals surface area contributed by atoms with E-state index >= 15 is 0 Å². The molecule has 3 N–H and O–H groups in total. The first-order valence-corrected chi connectivity index (χ1v) is 8.03. The highest BCUT2D eigenvalue weighted by atomic mass is 19.4. The third-order valence-corrected chi connectivity index (χ3v) is 3.96. The smallest absolute Gasteiger partial charge is 0.416 e. The van der Waals surface area contributed by atoms with Crippen molar-refractivity contribution in [2.24, 2.45) is 0 Å². The molecule has 1 aromatic heterocycles. The molecular formula is C18H18F3N3O4. The number of nitrogens with one attached hydrogen (secondary N) is 3. The molecular weight excluding hydrogens is 379 g/mol. The van der Waals surface area contributed by atoms with E-state index in [4.69, 9.17) is 0 Å². The molecule has 0 aliphatic heterocycles. The fourth-order valence-electron chi connectivity index (χ4n) is 2.69. The molecule has 2 aromatic rings. The Morgan fingerprint density at radius 3 is 2.25 bits per heavy atom. The Kier molecular flexibility index (Phi) is 5.81. The summed E-state index contributed by atoms with van der Waals surface area (Å²) >= 11 is 0. The summed E-state index contributed by atoms with van der Waals surface area (Å²) in [4.78, 5) is 38.5. The Balaban J connectivity index is 2.45. The second kappa shape index (κ2) is 7.75. The molecule has 2 amide bonds. The van der Waals surface area contributed by atoms with Crippen LogP contribution in [0.1, 0.15) is 44.6 Å². The van der Waals surface area contributed by atoms with Gasteiger partial charge in [-0.15, -0.1) is 0 Å². The van der Waals surface area contributed by atoms with E-state index in [1.165, 1.54) is 21.0 Å². The van der Waals surface area contributed by atoms with Gasteiger partial charge in [0.05, 0.1) is 29.6 Å². The van der Waals surface area contributed by atoms with Crippen molar-refractivity contribution in [1.82, 2.24) is 4.98 Å². The van der Waals surface area contributed by atoms with Crippen molar-refractivity contribution in [1.29, 1.82) is 0 Å². The van der Waals surface area contributed by atoms with Crippen LogP contribution in [-0.2, 0) is 15.7 Å². The number of anilines is 2. The van der Waals surface area contributed by atoms with Crippen molar-refractivity contribution in [2.75, 3.05) is 17.7 Å². The number of aromatic nitrogens is 1. The molecule has 28 heavy (non-hydrogen) atoms. The zero-order valence-electron chi connectivity index (χ0n) is 15.5. The van der Waals surface area contributed by atoms with E-state index in [2.05, 4.69) is 20.4 Å². The van der Waals surface area contributed by atoms with E-state index in [1.54, 1.807) is 6.92 Å². The van der Waals surface area contributed by atoms with Crippen molar-refractivity contribution in [3.63, 3.8) is 0 Å². The monoisotopic (exact) mass is 397 g/mol. The fraction of sp³-hybridized carbons (Fsp3) is 0.278. The summed E-state index contributed by atoms with van der Waals surface area (Å²) in [6, 6.07) is 2.56. The number of carbonyl (C=O) groups is 3. The number of rotatable bonds is 4. The van der Waals surface area contributed by atoms with Crippen LogP contribution in [0.3, 0.4) is 0 Å². The van der Waals surface area contributed by atoms with Gasteiger partial charge in [-0.25, -0.2) is 4.79 Å². The molecule has 0 unspecified atom stereocenters. The highest BCUT2D eigenvalue weighted by molar-refractivity contribution is 6.09. The molecule has 0 fully saturated rings. The van der Waals surface area contributed by atoms with E-state index in [0.29, 0.717) is 5.69 Å². The highest BCUT2D eigenvalue weighted by Crippen LogP contribution is 2.34. The zero-order chi connectivity index (χ0) is 21.2. The number of hydrogen-bond donors (Lipinski definition) is 3. The van der Waals surface area contributed by atoms with E-state index in [-0.39, 0.29) is 28.2 Å². The lowest BCUT2D eigenvalue weighted by molar-refractivity contribution is -0.137. The van der Waals surface area contributed by atoms with E-state index in [9.17, 15) is 27.6 Å². The number of benzene rings is 1. The third kappa shape index (κ3) is 4.33. The first kappa shape index (κ1) is 21.0. The Bertz CT molecular complexity index is 948. The quantitative estimate of drug-likeness (QED) is 0.686. The number of methoxy groups -OCH3 is 1. The summed E-state index contributed by atoms with van der Waals surface area (Å²) in [5.41, 5.74) is -0.408. The Hall–Kier alpha value is -3.30. The zero-order valence-corrected chi connectivity index (χ0v) is 15.5. The molecule has 0 spiro atoms. The number of aryl methyl sites for hydroxylation is 1. The molecule has 0 atom stereocenters. The first-order chi connectivity index (χ1) is 13.0. The van der Waals surface area contributed by atoms with Gasteiger partial charge in [0.25, 0.3) is 5.91 Å². The Morgan fingerprint density at radius 2 is 1.71 bits per heavy atom. The van der Waals surface area contributed by atoms with Crippen LogP contribution in [0.25, 0.3) is 0 Å². The standard InChI is InChI=1S/C18H18F3N3O4/c1-8-14(17(27)28-4)9(2)22-15(8)16(26)24-13-7-11(18(19,20)21)5-6-12(13)23-10(3)25/h5-7,22H,1-4H3,(H,23,25)(H,24,26). The number of halogens is 3. The number of alkyl halides is 3. The molecule has 0 bridgehead atoms. The maximum absolute atomic E-state index is 13.0. The Morgan fingerprint density at radius 1 is 1.07 bits per heavy atom. The predicted octanol–water partition coefficient (Wildman–Crippen LogP) is 3.65. The molecule has 0 saturated carbocycles. The molecule has 0 aliphatic carbocycles. The van der Waals surface area contributed by atoms with Crippen LogP contribution >= 0.6 is 0 Å². The molecule has 150 valence electrons. The van der Waals surface area contributed by atoms with Crippen LogP contribution in [0.2, 0.25) is 0 Å². The summed E-state index contributed by atoms with van der Waals surface area (Å²) < 4.78 is 43.7. The SMILES string of the molecule is COC(=O)c1c(C)[nH]c(C(=O)Nc2cc(C(F)(F)F)ccc2NC(C)=O)c1C. The predicted molar refractivity (Wildman–Crippen MR) is 95.3 cm³/mol. The maximum Gasteiger partial charge on any atom is 0.416 e. The maximum atomic E-state index is 13.0. The van der Waals surface area contributed by atoms with Crippen LogP contribution in [0.5, 0.6) is 0 Å². The van der Waals surface area contributed by atoms with Gasteiger partial charge in [0, 0.05) is 12.6 Å². The van der Waals surface area contributed by atoms with Gasteiger partial charge in [-0.3, -0.25) is 9.59 Å². The summed E-state index contributed by atoms with van der Waals surface area (Å²) in [5, 5.41) is 4.71. The molecule has 10 heteroatoms. The number of ether oxygens (including phenoxy) is 1. The lowest BCUT2D eigenvalue weighted by Gasteiger charge is -2.15. The molecule has 1 aromatic carbocycles. The number of H-pyrrole nitrogens is 1. The van der Waals surface area contributed by atoms with Gasteiger partial charge in [-0.2, -0.15) is 13.2 Å². The van der Waals surface area contributed by atoms with Crippen molar-refractivity contribution < 1.29 is 32.3 Å². The minimum atomic E-state index is -4.63. The Labute approximate surface area is 158 Å². The lowest BCUT2D eigenvalue weighted by atomic mass is 10.1. The largest absolute Gasteiger partial charge is 0.465 e. The third-order valence-electron chi connectivity index (χ3n) is 3.96. The number of carbonyl (C=O) groups excluding carboxylic acids is 3. The minimum Gasteiger partial charge on any atom is -0.465 e. The van der Waals surface area contributed by atoms with Crippen molar-refractivity contribution in [2.45, 2.75) is 26.9 Å². The highest BCUT2D eigenvalue weighted by Gasteiger charge is 2.31. The number of hydrogen-bond acceptors (Lipinski definition) is 4. The van der Waals surface area contributed by atoms with Gasteiger partial charge in [-0.05, 0) is 37.6 Å². The van der Waals surface area contributed by atoms with Gasteiger partial charge >= 0.3 is 12.1 Å². The molecule has 2 rings (SSSR count). The van der Waals surface area contributed by atoms with Crippen LogP contribution in [0.15, 0.2) is 18.2 Å². The number of amides is 2. The van der Waals surface area contributed by atoms with E-state index < -0.39 is 29.5 Å². The molecule has 0 saturated heterocycles.